The van der Waals surface area contributed by atoms with Crippen molar-refractivity contribution in [3.63, 3.8) is 0 Å². The molecule has 1 fully saturated rings. The largest absolute Gasteiger partial charge is 0.506 e. The highest BCUT2D eigenvalue weighted by Gasteiger charge is 2.30. The summed E-state index contributed by atoms with van der Waals surface area (Å²) in [6.45, 7) is 5.65. The first-order chi connectivity index (χ1) is 17.8. The molecule has 3 heterocycles. The number of hydrogen-bond acceptors (Lipinski definition) is 5. The maximum Gasteiger partial charge on any atom is 0.345 e. The van der Waals surface area contributed by atoms with Crippen LogP contribution in [0.25, 0.3) is 22.2 Å². The molecule has 2 aromatic carbocycles. The van der Waals surface area contributed by atoms with Gasteiger partial charge in [-0.05, 0) is 42.8 Å². The highest BCUT2D eigenvalue weighted by atomic mass is 16.4. The van der Waals surface area contributed by atoms with E-state index in [1.54, 1.807) is 0 Å². The fraction of sp³-hybridized carbons (Fsp3) is 0.310. The van der Waals surface area contributed by atoms with E-state index in [1.807, 2.05) is 31.2 Å². The third-order valence-corrected chi connectivity index (χ3v) is 7.51. The molecule has 4 aromatic rings. The number of carboxylic acids is 1. The van der Waals surface area contributed by atoms with E-state index in [1.165, 1.54) is 11.3 Å². The summed E-state index contributed by atoms with van der Waals surface area (Å²) in [5.41, 5.74) is 3.77. The van der Waals surface area contributed by atoms with E-state index in [2.05, 4.69) is 63.8 Å². The SMILES string of the molecule is CCc1c(-c2ccc3c(c2)cc(CN2CC(N(C)Cc4ccccc4)C2)n3C)[nH]c(=O)c(C(=O)O)c1O. The van der Waals surface area contributed by atoms with Gasteiger partial charge >= 0.3 is 5.97 Å². The standard InChI is InChI=1S/C29H32N4O4/c1-4-23-26(30-28(35)25(27(23)34)29(36)37)19-10-11-24-20(12-19)13-21(32(24)3)15-33-16-22(17-33)31(2)14-18-8-6-5-7-9-18/h5-13,22H,4,14-17H2,1-3H3,(H,36,37)(H2,30,34,35). The number of likely N-dealkylation sites (N-methyl/N-ethyl adjacent to an activating group) is 1. The van der Waals surface area contributed by atoms with Gasteiger partial charge in [0.1, 0.15) is 5.75 Å². The highest BCUT2D eigenvalue weighted by Crippen LogP contribution is 2.32. The summed E-state index contributed by atoms with van der Waals surface area (Å²) in [7, 11) is 4.24. The normalized spacial score (nSPS) is 14.4. The maximum atomic E-state index is 12.4. The Balaban J connectivity index is 1.34. The molecule has 0 bridgehead atoms. The average Bonchev–Trinajstić information content (AvgIpc) is 3.15. The lowest BCUT2D eigenvalue weighted by Crippen LogP contribution is -2.57. The lowest BCUT2D eigenvalue weighted by atomic mass is 9.99. The third-order valence-electron chi connectivity index (χ3n) is 7.51. The summed E-state index contributed by atoms with van der Waals surface area (Å²) in [4.78, 5) is 31.4. The number of fused-ring (bicyclic) bond motifs is 1. The second-order valence-corrected chi connectivity index (χ2v) is 9.91. The number of aromatic hydroxyl groups is 1. The predicted octanol–water partition coefficient (Wildman–Crippen LogP) is 3.82. The summed E-state index contributed by atoms with van der Waals surface area (Å²) in [5.74, 6) is -1.91. The van der Waals surface area contributed by atoms with E-state index in [0.717, 1.165) is 42.6 Å². The van der Waals surface area contributed by atoms with Crippen molar-refractivity contribution in [3.05, 3.63) is 87.3 Å². The fourth-order valence-electron chi connectivity index (χ4n) is 5.31. The monoisotopic (exact) mass is 500 g/mol. The van der Waals surface area contributed by atoms with Crippen LogP contribution in [-0.2, 0) is 26.6 Å². The Bertz CT molecular complexity index is 1520. The number of pyridine rings is 1. The Labute approximate surface area is 215 Å². The number of aromatic amines is 1. The molecule has 0 spiro atoms. The number of aryl methyl sites for hydroxylation is 1. The summed E-state index contributed by atoms with van der Waals surface area (Å²) >= 11 is 0. The summed E-state index contributed by atoms with van der Waals surface area (Å²) < 4.78 is 2.19. The summed E-state index contributed by atoms with van der Waals surface area (Å²) in [6.07, 6.45) is 0.380. The van der Waals surface area contributed by atoms with Crippen molar-refractivity contribution < 1.29 is 15.0 Å². The van der Waals surface area contributed by atoms with E-state index in [9.17, 15) is 19.8 Å². The number of aromatic nitrogens is 2. The van der Waals surface area contributed by atoms with Crippen molar-refractivity contribution in [2.75, 3.05) is 20.1 Å². The number of nitrogens with zero attached hydrogens (tertiary/aromatic N) is 3. The lowest BCUT2D eigenvalue weighted by Gasteiger charge is -2.44. The van der Waals surface area contributed by atoms with E-state index >= 15 is 0 Å². The number of likely N-dealkylation sites (tertiary alicyclic amines) is 1. The van der Waals surface area contributed by atoms with Crippen molar-refractivity contribution in [1.29, 1.82) is 0 Å². The molecular formula is C29H32N4O4. The van der Waals surface area contributed by atoms with Gasteiger partial charge in [0.15, 0.2) is 5.56 Å². The van der Waals surface area contributed by atoms with Gasteiger partial charge in [0.2, 0.25) is 0 Å². The molecule has 2 aromatic heterocycles. The Kier molecular flexibility index (Phi) is 6.62. The minimum absolute atomic E-state index is 0.380. The first kappa shape index (κ1) is 24.8. The third kappa shape index (κ3) is 4.65. The number of rotatable bonds is 8. The molecule has 0 saturated carbocycles. The van der Waals surface area contributed by atoms with Crippen molar-refractivity contribution in [1.82, 2.24) is 19.4 Å². The van der Waals surface area contributed by atoms with Crippen molar-refractivity contribution in [3.8, 4) is 17.0 Å². The number of H-pyrrole nitrogens is 1. The van der Waals surface area contributed by atoms with Gasteiger partial charge in [0.05, 0.1) is 5.69 Å². The summed E-state index contributed by atoms with van der Waals surface area (Å²) in [5, 5.41) is 20.9. The Morgan fingerprint density at radius 1 is 1.14 bits per heavy atom. The van der Waals surface area contributed by atoms with Crippen molar-refractivity contribution >= 4 is 16.9 Å². The molecule has 3 N–H and O–H groups in total. The van der Waals surface area contributed by atoms with Crippen LogP contribution >= 0.6 is 0 Å². The zero-order valence-corrected chi connectivity index (χ0v) is 21.4. The average molecular weight is 501 g/mol. The molecular weight excluding hydrogens is 468 g/mol. The van der Waals surface area contributed by atoms with E-state index in [0.29, 0.717) is 23.7 Å². The quantitative estimate of drug-likeness (QED) is 0.340. The van der Waals surface area contributed by atoms with Crippen LogP contribution in [0.5, 0.6) is 5.75 Å². The van der Waals surface area contributed by atoms with Crippen molar-refractivity contribution in [2.45, 2.75) is 32.5 Å². The van der Waals surface area contributed by atoms with Gasteiger partial charge in [0.25, 0.3) is 5.56 Å². The minimum atomic E-state index is -1.44. The zero-order chi connectivity index (χ0) is 26.3. The van der Waals surface area contributed by atoms with Gasteiger partial charge in [-0.2, -0.15) is 0 Å². The first-order valence-electron chi connectivity index (χ1n) is 12.5. The molecule has 1 aliphatic rings. The topological polar surface area (TPSA) is 102 Å². The van der Waals surface area contributed by atoms with Crippen molar-refractivity contribution in [2.24, 2.45) is 7.05 Å². The maximum absolute atomic E-state index is 12.4. The smallest absolute Gasteiger partial charge is 0.345 e. The molecule has 0 aliphatic carbocycles. The van der Waals surface area contributed by atoms with E-state index in [-0.39, 0.29) is 0 Å². The van der Waals surface area contributed by atoms with Gasteiger partial charge < -0.3 is 19.8 Å². The number of benzene rings is 2. The molecule has 0 radical (unpaired) electrons. The Hall–Kier alpha value is -3.88. The molecule has 8 nitrogen and oxygen atoms in total. The van der Waals surface area contributed by atoms with Crippen LogP contribution in [0.4, 0.5) is 0 Å². The molecule has 1 saturated heterocycles. The van der Waals surface area contributed by atoms with Crippen LogP contribution < -0.4 is 5.56 Å². The number of carboxylic acid groups (broad SMARTS) is 1. The van der Waals surface area contributed by atoms with Crippen LogP contribution in [0.2, 0.25) is 0 Å². The van der Waals surface area contributed by atoms with Gasteiger partial charge in [-0.25, -0.2) is 4.79 Å². The van der Waals surface area contributed by atoms with Crippen LogP contribution in [0.1, 0.15) is 34.1 Å². The van der Waals surface area contributed by atoms with Crippen LogP contribution in [0.3, 0.4) is 0 Å². The predicted molar refractivity (Wildman–Crippen MR) is 144 cm³/mol. The van der Waals surface area contributed by atoms with Gasteiger partial charge in [-0.1, -0.05) is 43.3 Å². The Morgan fingerprint density at radius 3 is 2.54 bits per heavy atom. The molecule has 192 valence electrons. The molecule has 8 heteroatoms. The van der Waals surface area contributed by atoms with Crippen LogP contribution in [0.15, 0.2) is 59.4 Å². The lowest BCUT2D eigenvalue weighted by molar-refractivity contribution is 0.0381. The van der Waals surface area contributed by atoms with Gasteiger partial charge in [-0.3, -0.25) is 14.6 Å². The number of nitrogens with one attached hydrogen (secondary N) is 1. The second kappa shape index (κ2) is 9.88. The summed E-state index contributed by atoms with van der Waals surface area (Å²) in [6, 6.07) is 19.1. The number of aromatic carboxylic acids is 1. The zero-order valence-electron chi connectivity index (χ0n) is 21.4. The highest BCUT2D eigenvalue weighted by molar-refractivity contribution is 5.92. The van der Waals surface area contributed by atoms with Gasteiger partial charge in [0, 0.05) is 61.4 Å². The first-order valence-corrected chi connectivity index (χ1v) is 12.5. The van der Waals surface area contributed by atoms with Gasteiger partial charge in [-0.15, -0.1) is 0 Å². The van der Waals surface area contributed by atoms with E-state index < -0.39 is 22.8 Å². The molecule has 0 unspecified atom stereocenters. The molecule has 5 rings (SSSR count). The molecule has 0 amide bonds. The Morgan fingerprint density at radius 2 is 1.86 bits per heavy atom. The van der Waals surface area contributed by atoms with Crippen LogP contribution in [-0.4, -0.2) is 61.7 Å². The van der Waals surface area contributed by atoms with Crippen LogP contribution in [0, 0.1) is 0 Å². The molecule has 1 aliphatic heterocycles. The fourth-order valence-corrected chi connectivity index (χ4v) is 5.31. The van der Waals surface area contributed by atoms with E-state index in [4.69, 9.17) is 0 Å². The molecule has 37 heavy (non-hydrogen) atoms. The second-order valence-electron chi connectivity index (χ2n) is 9.91. The molecule has 0 atom stereocenters. The number of carbonyl (C=O) groups is 1. The minimum Gasteiger partial charge on any atom is -0.506 e. The number of hydrogen-bond donors (Lipinski definition) is 3.